The van der Waals surface area contributed by atoms with Gasteiger partial charge in [0.25, 0.3) is 11.8 Å². The van der Waals surface area contributed by atoms with Crippen LogP contribution in [0.5, 0.6) is 0 Å². The fraction of sp³-hybridized carbons (Fsp3) is 0.368. The zero-order valence-corrected chi connectivity index (χ0v) is 16.2. The highest BCUT2D eigenvalue weighted by Gasteiger charge is 2.45. The number of carbonyl (C=O) groups excluding carboxylic acids is 5. The van der Waals surface area contributed by atoms with Gasteiger partial charge in [-0.15, -0.1) is 0 Å². The summed E-state index contributed by atoms with van der Waals surface area (Å²) in [7, 11) is 0. The fourth-order valence-corrected chi connectivity index (χ4v) is 3.25. The van der Waals surface area contributed by atoms with Crippen LogP contribution in [0.3, 0.4) is 0 Å². The molecule has 5 amide bonds. The molecule has 0 radical (unpaired) electrons. The minimum absolute atomic E-state index is 0.000916. The first kappa shape index (κ1) is 22.1. The number of carboxylic acid groups (broad SMARTS) is 1. The van der Waals surface area contributed by atoms with Crippen LogP contribution in [0.2, 0.25) is 0 Å². The van der Waals surface area contributed by atoms with Crippen molar-refractivity contribution in [1.82, 2.24) is 10.2 Å². The van der Waals surface area contributed by atoms with Crippen molar-refractivity contribution in [2.75, 3.05) is 31.7 Å². The Morgan fingerprint density at radius 1 is 1.10 bits per heavy atom. The first-order chi connectivity index (χ1) is 14.8. The Hall–Kier alpha value is -3.64. The molecule has 1 atom stereocenters. The lowest BCUT2D eigenvalue weighted by Gasteiger charge is -2.27. The smallest absolute Gasteiger partial charge is 0.329 e. The molecule has 0 aliphatic carbocycles. The van der Waals surface area contributed by atoms with E-state index in [1.54, 1.807) is 0 Å². The number of piperidine rings is 1. The molecule has 3 rings (SSSR count). The lowest BCUT2D eigenvalue weighted by molar-refractivity contribution is -0.143. The minimum Gasteiger partial charge on any atom is -0.480 e. The maximum Gasteiger partial charge on any atom is 0.329 e. The van der Waals surface area contributed by atoms with Crippen molar-refractivity contribution < 1.29 is 43.3 Å². The van der Waals surface area contributed by atoms with Crippen LogP contribution in [0.15, 0.2) is 18.2 Å². The summed E-state index contributed by atoms with van der Waals surface area (Å²) in [4.78, 5) is 72.4. The zero-order valence-electron chi connectivity index (χ0n) is 16.2. The van der Waals surface area contributed by atoms with Gasteiger partial charge in [-0.2, -0.15) is 0 Å². The van der Waals surface area contributed by atoms with Gasteiger partial charge in [-0.3, -0.25) is 34.2 Å². The maximum atomic E-state index is 12.9. The average molecular weight is 433 g/mol. The van der Waals surface area contributed by atoms with Crippen LogP contribution < -0.4 is 10.6 Å². The van der Waals surface area contributed by atoms with E-state index in [4.69, 9.17) is 14.6 Å². The number of hydrogen-bond donors (Lipinski definition) is 3. The Labute approximate surface area is 175 Å². The number of carboxylic acids is 1. The molecule has 2 aliphatic rings. The van der Waals surface area contributed by atoms with Crippen molar-refractivity contribution in [2.24, 2.45) is 0 Å². The van der Waals surface area contributed by atoms with Crippen LogP contribution in [-0.2, 0) is 28.7 Å². The molecule has 12 nitrogen and oxygen atoms in total. The Bertz CT molecular complexity index is 959. The van der Waals surface area contributed by atoms with Gasteiger partial charge < -0.3 is 19.9 Å². The predicted octanol–water partition coefficient (Wildman–Crippen LogP) is -0.856. The van der Waals surface area contributed by atoms with E-state index in [2.05, 4.69) is 10.6 Å². The van der Waals surface area contributed by atoms with E-state index in [1.165, 1.54) is 18.2 Å². The van der Waals surface area contributed by atoms with E-state index in [0.29, 0.717) is 0 Å². The predicted molar refractivity (Wildman–Crippen MR) is 101 cm³/mol. The second kappa shape index (κ2) is 9.45. The number of fused-ring (bicyclic) bond motifs is 1. The fourth-order valence-electron chi connectivity index (χ4n) is 3.25. The van der Waals surface area contributed by atoms with Gasteiger partial charge in [0, 0.05) is 6.42 Å². The van der Waals surface area contributed by atoms with Crippen molar-refractivity contribution in [3.63, 3.8) is 0 Å². The number of carbonyl (C=O) groups is 6. The van der Waals surface area contributed by atoms with Crippen molar-refractivity contribution in [3.8, 4) is 0 Å². The second-order valence-electron chi connectivity index (χ2n) is 6.72. The third-order valence-corrected chi connectivity index (χ3v) is 4.57. The summed E-state index contributed by atoms with van der Waals surface area (Å²) in [5.41, 5.74) is 0.0761. The summed E-state index contributed by atoms with van der Waals surface area (Å²) in [5.74, 6) is -4.35. The summed E-state index contributed by atoms with van der Waals surface area (Å²) < 4.78 is 9.85. The largest absolute Gasteiger partial charge is 0.480 e. The molecule has 31 heavy (non-hydrogen) atoms. The minimum atomic E-state index is -1.12. The van der Waals surface area contributed by atoms with Gasteiger partial charge in [-0.25, -0.2) is 4.79 Å². The molecule has 3 N–H and O–H groups in total. The lowest BCUT2D eigenvalue weighted by Crippen LogP contribution is -2.54. The molecule has 1 fully saturated rings. The van der Waals surface area contributed by atoms with E-state index in [9.17, 15) is 28.8 Å². The number of rotatable bonds is 9. The molecule has 0 aromatic heterocycles. The van der Waals surface area contributed by atoms with Crippen LogP contribution in [0, 0.1) is 0 Å². The summed E-state index contributed by atoms with van der Waals surface area (Å²) in [6, 6.07) is 3.22. The van der Waals surface area contributed by atoms with Crippen LogP contribution >= 0.6 is 0 Å². The van der Waals surface area contributed by atoms with Crippen LogP contribution in [0.4, 0.5) is 5.69 Å². The quantitative estimate of drug-likeness (QED) is 0.331. The normalized spacial score (nSPS) is 18.1. The Kier molecular flexibility index (Phi) is 6.72. The number of nitrogens with one attached hydrogen (secondary N) is 2. The van der Waals surface area contributed by atoms with Crippen molar-refractivity contribution >= 4 is 41.2 Å². The Morgan fingerprint density at radius 2 is 1.81 bits per heavy atom. The van der Waals surface area contributed by atoms with Crippen LogP contribution in [0.25, 0.3) is 0 Å². The number of anilines is 1. The highest BCUT2D eigenvalue weighted by atomic mass is 16.5. The molecule has 0 spiro atoms. The third-order valence-electron chi connectivity index (χ3n) is 4.57. The summed E-state index contributed by atoms with van der Waals surface area (Å²) in [6.45, 7) is -0.910. The number of nitrogens with zero attached hydrogens (tertiary/aromatic N) is 1. The molecule has 2 aliphatic heterocycles. The number of hydrogen-bond acceptors (Lipinski definition) is 8. The van der Waals surface area contributed by atoms with E-state index in [1.807, 2.05) is 0 Å². The van der Waals surface area contributed by atoms with Crippen LogP contribution in [-0.4, -0.2) is 78.0 Å². The Morgan fingerprint density at radius 3 is 2.48 bits per heavy atom. The third kappa shape index (κ3) is 4.92. The average Bonchev–Trinajstić information content (AvgIpc) is 2.96. The number of amides is 5. The van der Waals surface area contributed by atoms with Gasteiger partial charge in [-0.1, -0.05) is 6.07 Å². The second-order valence-corrected chi connectivity index (χ2v) is 6.72. The Balaban J connectivity index is 1.64. The molecule has 12 heteroatoms. The van der Waals surface area contributed by atoms with Gasteiger partial charge >= 0.3 is 5.97 Å². The molecule has 2 heterocycles. The number of imide groups is 2. The maximum absolute atomic E-state index is 12.9. The molecular weight excluding hydrogens is 414 g/mol. The molecule has 1 aromatic carbocycles. The monoisotopic (exact) mass is 433 g/mol. The molecule has 1 saturated heterocycles. The molecule has 1 unspecified atom stereocenters. The first-order valence-electron chi connectivity index (χ1n) is 9.31. The molecule has 0 bridgehead atoms. The van der Waals surface area contributed by atoms with E-state index < -0.39 is 48.2 Å². The number of ether oxygens (including phenoxy) is 2. The molecule has 1 aromatic rings. The van der Waals surface area contributed by atoms with E-state index >= 15 is 0 Å². The van der Waals surface area contributed by atoms with E-state index in [0.717, 1.165) is 4.90 Å². The van der Waals surface area contributed by atoms with Crippen molar-refractivity contribution in [3.05, 3.63) is 29.3 Å². The molecule has 0 saturated carbocycles. The summed E-state index contributed by atoms with van der Waals surface area (Å²) in [6.07, 6.45) is 0.0243. The van der Waals surface area contributed by atoms with Crippen molar-refractivity contribution in [1.29, 1.82) is 0 Å². The van der Waals surface area contributed by atoms with E-state index in [-0.39, 0.29) is 49.5 Å². The molecule has 164 valence electrons. The van der Waals surface area contributed by atoms with Gasteiger partial charge in [0.15, 0.2) is 0 Å². The summed E-state index contributed by atoms with van der Waals surface area (Å²) in [5, 5.41) is 13.0. The standard InChI is InChI=1S/C19H19N3O9/c23-13-5-4-12(17(27)21-13)22-18(28)10-2-1-3-11(16(10)19(22)29)20-14(24)8-30-6-7-31-9-15(25)26/h1-3,12H,4-9H2,(H,20,24)(H,25,26)(H,21,23,27). The molecular formula is C19H19N3O9. The number of benzene rings is 1. The van der Waals surface area contributed by atoms with Crippen LogP contribution in [0.1, 0.15) is 33.6 Å². The van der Waals surface area contributed by atoms with Crippen molar-refractivity contribution in [2.45, 2.75) is 18.9 Å². The lowest BCUT2D eigenvalue weighted by atomic mass is 10.0. The SMILES string of the molecule is O=C(O)COCCOCC(=O)Nc1cccc2c1C(=O)N(C1CCC(=O)NC1=O)C2=O. The highest BCUT2D eigenvalue weighted by molar-refractivity contribution is 6.26. The van der Waals surface area contributed by atoms with Gasteiger partial charge in [0.2, 0.25) is 17.7 Å². The van der Waals surface area contributed by atoms with Gasteiger partial charge in [0.1, 0.15) is 19.3 Å². The summed E-state index contributed by atoms with van der Waals surface area (Å²) >= 11 is 0. The highest BCUT2D eigenvalue weighted by Crippen LogP contribution is 2.32. The zero-order chi connectivity index (χ0) is 22.5. The van der Waals surface area contributed by atoms with Gasteiger partial charge in [-0.05, 0) is 18.6 Å². The topological polar surface area (TPSA) is 168 Å². The van der Waals surface area contributed by atoms with Gasteiger partial charge in [0.05, 0.1) is 30.0 Å². The first-order valence-corrected chi connectivity index (χ1v) is 9.31. The number of aliphatic carboxylic acids is 1.